The van der Waals surface area contributed by atoms with Crippen molar-refractivity contribution in [3.8, 4) is 5.69 Å². The average Bonchev–Trinajstić information content (AvgIpc) is 2.78. The van der Waals surface area contributed by atoms with E-state index in [-0.39, 0.29) is 5.56 Å². The number of alkyl halides is 2. The molecule has 0 atom stereocenters. The lowest BCUT2D eigenvalue weighted by molar-refractivity contribution is 0.0697. The van der Waals surface area contributed by atoms with Gasteiger partial charge < -0.3 is 5.11 Å². The molecule has 0 saturated carbocycles. The van der Waals surface area contributed by atoms with Crippen LogP contribution in [0.3, 0.4) is 0 Å². The molecule has 88 valence electrons. The molecular formula is C10H7F2N3O2. The Balaban J connectivity index is 2.30. The molecule has 0 aliphatic heterocycles. The quantitative estimate of drug-likeness (QED) is 0.888. The third-order valence-corrected chi connectivity index (χ3v) is 2.11. The number of hydrogen-bond donors (Lipinski definition) is 1. The van der Waals surface area contributed by atoms with E-state index in [1.54, 1.807) is 0 Å². The van der Waals surface area contributed by atoms with E-state index in [1.807, 2.05) is 0 Å². The highest BCUT2D eigenvalue weighted by Gasteiger charge is 2.12. The van der Waals surface area contributed by atoms with Crippen molar-refractivity contribution in [2.75, 3.05) is 0 Å². The minimum atomic E-state index is -2.68. The largest absolute Gasteiger partial charge is 0.478 e. The molecule has 2 aromatic rings. The van der Waals surface area contributed by atoms with Gasteiger partial charge in [0, 0.05) is 0 Å². The third kappa shape index (κ3) is 2.27. The van der Waals surface area contributed by atoms with E-state index >= 15 is 0 Å². The minimum Gasteiger partial charge on any atom is -0.478 e. The van der Waals surface area contributed by atoms with Gasteiger partial charge in [-0.25, -0.2) is 18.3 Å². The lowest BCUT2D eigenvalue weighted by Gasteiger charge is -2.00. The van der Waals surface area contributed by atoms with E-state index in [2.05, 4.69) is 10.3 Å². The standard InChI is InChI=1S/C10H7F2N3O2/c11-9(12)8-5-15(14-13-8)7-3-1-6(2-4-7)10(16)17/h1-5,9H,(H,16,17). The van der Waals surface area contributed by atoms with Gasteiger partial charge in [0.15, 0.2) is 0 Å². The molecule has 5 nitrogen and oxygen atoms in total. The van der Waals surface area contributed by atoms with Gasteiger partial charge in [0.2, 0.25) is 0 Å². The Kier molecular flexibility index (Phi) is 2.82. The first-order valence-electron chi connectivity index (χ1n) is 4.62. The second-order valence-electron chi connectivity index (χ2n) is 3.24. The summed E-state index contributed by atoms with van der Waals surface area (Å²) in [7, 11) is 0. The summed E-state index contributed by atoms with van der Waals surface area (Å²) in [6, 6.07) is 5.66. The van der Waals surface area contributed by atoms with Crippen LogP contribution in [0.1, 0.15) is 22.5 Å². The minimum absolute atomic E-state index is 0.114. The van der Waals surface area contributed by atoms with Gasteiger partial charge in [0.25, 0.3) is 6.43 Å². The van der Waals surface area contributed by atoms with E-state index < -0.39 is 18.1 Å². The summed E-state index contributed by atoms with van der Waals surface area (Å²) in [6.07, 6.45) is -1.58. The van der Waals surface area contributed by atoms with Crippen molar-refractivity contribution in [3.05, 3.63) is 41.7 Å². The highest BCUT2D eigenvalue weighted by molar-refractivity contribution is 5.87. The number of aromatic nitrogens is 3. The number of halogens is 2. The number of aromatic carboxylic acids is 1. The van der Waals surface area contributed by atoms with Crippen molar-refractivity contribution in [2.45, 2.75) is 6.43 Å². The van der Waals surface area contributed by atoms with Gasteiger partial charge in [0.1, 0.15) is 5.69 Å². The van der Waals surface area contributed by atoms with Gasteiger partial charge in [-0.1, -0.05) is 5.21 Å². The maximum Gasteiger partial charge on any atom is 0.335 e. The molecule has 0 aliphatic rings. The predicted octanol–water partition coefficient (Wildman–Crippen LogP) is 1.90. The van der Waals surface area contributed by atoms with Crippen LogP contribution in [0.4, 0.5) is 8.78 Å². The maximum absolute atomic E-state index is 12.3. The predicted molar refractivity (Wildman–Crippen MR) is 53.3 cm³/mol. The van der Waals surface area contributed by atoms with Crippen molar-refractivity contribution in [2.24, 2.45) is 0 Å². The van der Waals surface area contributed by atoms with Crippen LogP contribution in [0, 0.1) is 0 Å². The SMILES string of the molecule is O=C(O)c1ccc(-n2cc(C(F)F)nn2)cc1. The molecule has 1 aromatic carbocycles. The fourth-order valence-electron chi connectivity index (χ4n) is 1.26. The zero-order valence-corrected chi connectivity index (χ0v) is 8.42. The molecule has 7 heteroatoms. The van der Waals surface area contributed by atoms with E-state index in [1.165, 1.54) is 24.3 Å². The van der Waals surface area contributed by atoms with Gasteiger partial charge >= 0.3 is 5.97 Å². The smallest absolute Gasteiger partial charge is 0.335 e. The molecule has 0 aliphatic carbocycles. The average molecular weight is 239 g/mol. The molecule has 0 bridgehead atoms. The third-order valence-electron chi connectivity index (χ3n) is 2.11. The molecule has 0 unspecified atom stereocenters. The van der Waals surface area contributed by atoms with Crippen LogP contribution in [0.2, 0.25) is 0 Å². The van der Waals surface area contributed by atoms with Crippen molar-refractivity contribution >= 4 is 5.97 Å². The highest BCUT2D eigenvalue weighted by Crippen LogP contribution is 2.16. The summed E-state index contributed by atoms with van der Waals surface area (Å²) < 4.78 is 25.7. The van der Waals surface area contributed by atoms with Crippen LogP contribution in [0.15, 0.2) is 30.5 Å². The summed E-state index contributed by atoms with van der Waals surface area (Å²) in [5, 5.41) is 15.5. The number of rotatable bonds is 3. The second kappa shape index (κ2) is 4.28. The summed E-state index contributed by atoms with van der Waals surface area (Å²) in [4.78, 5) is 10.6. The molecule has 1 heterocycles. The first-order chi connectivity index (χ1) is 8.08. The van der Waals surface area contributed by atoms with Crippen LogP contribution in [-0.2, 0) is 0 Å². The molecule has 1 aromatic heterocycles. The Labute approximate surface area is 94.3 Å². The van der Waals surface area contributed by atoms with Crippen molar-refractivity contribution in [3.63, 3.8) is 0 Å². The molecule has 0 saturated heterocycles. The zero-order chi connectivity index (χ0) is 12.4. The van der Waals surface area contributed by atoms with Crippen molar-refractivity contribution in [1.29, 1.82) is 0 Å². The van der Waals surface area contributed by atoms with E-state index in [0.717, 1.165) is 10.9 Å². The second-order valence-corrected chi connectivity index (χ2v) is 3.24. The molecule has 0 spiro atoms. The first kappa shape index (κ1) is 11.2. The maximum atomic E-state index is 12.3. The number of carbonyl (C=O) groups is 1. The lowest BCUT2D eigenvalue weighted by Crippen LogP contribution is -1.98. The van der Waals surface area contributed by atoms with Gasteiger partial charge in [-0.3, -0.25) is 0 Å². The Morgan fingerprint density at radius 3 is 2.41 bits per heavy atom. The molecule has 0 amide bonds. The van der Waals surface area contributed by atoms with Crippen LogP contribution in [-0.4, -0.2) is 26.1 Å². The van der Waals surface area contributed by atoms with Gasteiger partial charge in [0.05, 0.1) is 17.4 Å². The van der Waals surface area contributed by atoms with Crippen LogP contribution < -0.4 is 0 Å². The number of benzene rings is 1. The first-order valence-corrected chi connectivity index (χ1v) is 4.62. The number of nitrogens with zero attached hydrogens (tertiary/aromatic N) is 3. The summed E-state index contributed by atoms with van der Waals surface area (Å²) in [5.41, 5.74) is 0.157. The topological polar surface area (TPSA) is 68.0 Å². The summed E-state index contributed by atoms with van der Waals surface area (Å²) >= 11 is 0. The molecule has 17 heavy (non-hydrogen) atoms. The van der Waals surface area contributed by atoms with E-state index in [4.69, 9.17) is 5.11 Å². The van der Waals surface area contributed by atoms with E-state index in [0.29, 0.717) is 5.69 Å². The van der Waals surface area contributed by atoms with Gasteiger partial charge in [-0.15, -0.1) is 5.10 Å². The zero-order valence-electron chi connectivity index (χ0n) is 8.42. The summed E-state index contributed by atoms with van der Waals surface area (Å²) in [5.74, 6) is -1.05. The van der Waals surface area contributed by atoms with Crippen LogP contribution in [0.25, 0.3) is 5.69 Å². The fourth-order valence-corrected chi connectivity index (χ4v) is 1.26. The fraction of sp³-hybridized carbons (Fsp3) is 0.100. The normalized spacial score (nSPS) is 10.8. The Morgan fingerprint density at radius 2 is 1.94 bits per heavy atom. The van der Waals surface area contributed by atoms with Gasteiger partial charge in [-0.05, 0) is 24.3 Å². The Bertz CT molecular complexity index is 537. The number of carboxylic acid groups (broad SMARTS) is 1. The molecule has 0 radical (unpaired) electrons. The van der Waals surface area contributed by atoms with E-state index in [9.17, 15) is 13.6 Å². The number of hydrogen-bond acceptors (Lipinski definition) is 3. The Hall–Kier alpha value is -2.31. The summed E-state index contributed by atoms with van der Waals surface area (Å²) in [6.45, 7) is 0. The van der Waals surface area contributed by atoms with Gasteiger partial charge in [-0.2, -0.15) is 0 Å². The molecule has 2 rings (SSSR count). The van der Waals surface area contributed by atoms with Crippen molar-refractivity contribution in [1.82, 2.24) is 15.0 Å². The van der Waals surface area contributed by atoms with Crippen LogP contribution >= 0.6 is 0 Å². The molecule has 0 fully saturated rings. The highest BCUT2D eigenvalue weighted by atomic mass is 19.3. The number of carboxylic acids is 1. The molecular weight excluding hydrogens is 232 g/mol. The Morgan fingerprint density at radius 1 is 1.29 bits per heavy atom. The van der Waals surface area contributed by atoms with Crippen molar-refractivity contribution < 1.29 is 18.7 Å². The lowest BCUT2D eigenvalue weighted by atomic mass is 10.2. The molecule has 1 N–H and O–H groups in total. The van der Waals surface area contributed by atoms with Crippen LogP contribution in [0.5, 0.6) is 0 Å². The monoisotopic (exact) mass is 239 g/mol.